The van der Waals surface area contributed by atoms with Crippen LogP contribution in [-0.2, 0) is 14.3 Å². The number of Topliss-reactive ketones (excluding diaryl/α,β-unsaturated/α-hetero) is 1. The summed E-state index contributed by atoms with van der Waals surface area (Å²) < 4.78 is 4.54. The highest BCUT2D eigenvalue weighted by atomic mass is 16.6. The molecule has 0 radical (unpaired) electrons. The van der Waals surface area contributed by atoms with Gasteiger partial charge >= 0.3 is 5.97 Å². The lowest BCUT2D eigenvalue weighted by atomic mass is 9.88. The van der Waals surface area contributed by atoms with Crippen LogP contribution in [0.25, 0.3) is 0 Å². The van der Waals surface area contributed by atoms with Crippen LogP contribution in [0.5, 0.6) is 0 Å². The Morgan fingerprint density at radius 1 is 1.44 bits per heavy atom. The minimum atomic E-state index is -0.724. The van der Waals surface area contributed by atoms with Crippen molar-refractivity contribution in [2.24, 2.45) is 5.92 Å². The first-order valence-corrected chi connectivity index (χ1v) is 5.30. The Morgan fingerprint density at radius 3 is 2.69 bits per heavy atom. The summed E-state index contributed by atoms with van der Waals surface area (Å²) in [5.74, 6) is -1.49. The summed E-state index contributed by atoms with van der Waals surface area (Å²) in [5.41, 5.74) is 0. The summed E-state index contributed by atoms with van der Waals surface area (Å²) >= 11 is 0. The summed E-state index contributed by atoms with van der Waals surface area (Å²) in [6.07, 6.45) is 1.60. The van der Waals surface area contributed by atoms with Crippen LogP contribution in [0.3, 0.4) is 0 Å². The number of nitro groups is 1. The van der Waals surface area contributed by atoms with Gasteiger partial charge in [-0.15, -0.1) is 0 Å². The average Bonchev–Trinajstić information content (AvgIpc) is 2.23. The van der Waals surface area contributed by atoms with E-state index in [4.69, 9.17) is 0 Å². The molecule has 0 saturated heterocycles. The van der Waals surface area contributed by atoms with Crippen LogP contribution >= 0.6 is 0 Å². The molecule has 1 aliphatic rings. The molecule has 0 aromatic rings. The number of ketones is 1. The molecule has 16 heavy (non-hydrogen) atoms. The highest BCUT2D eigenvalue weighted by molar-refractivity contribution is 5.98. The first-order chi connectivity index (χ1) is 7.56. The van der Waals surface area contributed by atoms with Crippen LogP contribution in [0, 0.1) is 16.0 Å². The maximum Gasteiger partial charge on any atom is 0.316 e. The van der Waals surface area contributed by atoms with Crippen LogP contribution in [-0.4, -0.2) is 29.8 Å². The van der Waals surface area contributed by atoms with Gasteiger partial charge in [-0.3, -0.25) is 19.7 Å². The lowest BCUT2D eigenvalue weighted by Crippen LogP contribution is -2.30. The molecule has 0 aromatic heterocycles. The molecule has 0 bridgehead atoms. The predicted molar refractivity (Wildman–Crippen MR) is 54.4 cm³/mol. The van der Waals surface area contributed by atoms with Gasteiger partial charge in [-0.05, 0) is 12.8 Å². The van der Waals surface area contributed by atoms with Gasteiger partial charge in [-0.25, -0.2) is 0 Å². The molecule has 6 nitrogen and oxygen atoms in total. The first kappa shape index (κ1) is 12.6. The number of esters is 1. The number of carbonyl (C=O) groups is 2. The third kappa shape index (κ3) is 3.01. The van der Waals surface area contributed by atoms with E-state index in [0.717, 1.165) is 0 Å². The molecule has 1 saturated carbocycles. The lowest BCUT2D eigenvalue weighted by molar-refractivity contribution is -0.524. The number of methoxy groups -OCH3 is 1. The summed E-state index contributed by atoms with van der Waals surface area (Å²) in [4.78, 5) is 33.2. The van der Waals surface area contributed by atoms with Crippen LogP contribution in [0.4, 0.5) is 0 Å². The van der Waals surface area contributed by atoms with Gasteiger partial charge in [-0.1, -0.05) is 0 Å². The van der Waals surface area contributed by atoms with Crippen molar-refractivity contribution in [1.82, 2.24) is 0 Å². The fraction of sp³-hybridized carbons (Fsp3) is 0.800. The molecule has 0 N–H and O–H groups in total. The van der Waals surface area contributed by atoms with Crippen molar-refractivity contribution in [1.29, 1.82) is 0 Å². The van der Waals surface area contributed by atoms with Crippen molar-refractivity contribution in [3.63, 3.8) is 0 Å². The van der Waals surface area contributed by atoms with E-state index in [2.05, 4.69) is 4.74 Å². The summed E-state index contributed by atoms with van der Waals surface area (Å²) in [6, 6.07) is -0.650. The maximum absolute atomic E-state index is 11.6. The molecule has 0 amide bonds. The Morgan fingerprint density at radius 2 is 2.12 bits per heavy atom. The molecule has 0 aromatic carbocycles. The fourth-order valence-electron chi connectivity index (χ4n) is 1.95. The number of carbonyl (C=O) groups excluding carboxylic acids is 2. The van der Waals surface area contributed by atoms with Gasteiger partial charge < -0.3 is 4.74 Å². The minimum absolute atomic E-state index is 0.0887. The van der Waals surface area contributed by atoms with E-state index in [1.54, 1.807) is 0 Å². The molecular formula is C10H15NO5. The highest BCUT2D eigenvalue weighted by Gasteiger charge is 2.32. The second-order valence-electron chi connectivity index (χ2n) is 3.95. The number of nitrogens with zero attached hydrogens (tertiary/aromatic N) is 1. The van der Waals surface area contributed by atoms with Gasteiger partial charge in [0, 0.05) is 24.2 Å². The van der Waals surface area contributed by atoms with E-state index in [0.29, 0.717) is 19.3 Å². The third-order valence-electron chi connectivity index (χ3n) is 2.93. The standard InChI is InChI=1S/C10H15NO5/c1-16-10(13)8-4-2-3-7(11(14)15)5-6-9(8)12/h7-8H,2-6H2,1H3. The van der Waals surface area contributed by atoms with E-state index < -0.39 is 17.9 Å². The first-order valence-electron chi connectivity index (χ1n) is 5.30. The molecule has 2 atom stereocenters. The van der Waals surface area contributed by atoms with E-state index in [-0.39, 0.29) is 23.5 Å². The Hall–Kier alpha value is -1.46. The van der Waals surface area contributed by atoms with Gasteiger partial charge in [0.15, 0.2) is 0 Å². The Bertz CT molecular complexity index is 302. The van der Waals surface area contributed by atoms with Crippen molar-refractivity contribution in [3.8, 4) is 0 Å². The van der Waals surface area contributed by atoms with Crippen molar-refractivity contribution in [2.45, 2.75) is 38.1 Å². The highest BCUT2D eigenvalue weighted by Crippen LogP contribution is 2.22. The van der Waals surface area contributed by atoms with E-state index in [9.17, 15) is 19.7 Å². The number of ether oxygens (including phenoxy) is 1. The summed E-state index contributed by atoms with van der Waals surface area (Å²) in [7, 11) is 1.24. The zero-order chi connectivity index (χ0) is 12.1. The van der Waals surface area contributed by atoms with E-state index in [1.807, 2.05) is 0 Å². The van der Waals surface area contributed by atoms with E-state index >= 15 is 0 Å². The van der Waals surface area contributed by atoms with Crippen molar-refractivity contribution < 1.29 is 19.2 Å². The number of hydrogen-bond donors (Lipinski definition) is 0. The van der Waals surface area contributed by atoms with Crippen LogP contribution < -0.4 is 0 Å². The summed E-state index contributed by atoms with van der Waals surface area (Å²) in [6.45, 7) is 0. The molecule has 1 rings (SSSR count). The molecule has 90 valence electrons. The zero-order valence-electron chi connectivity index (χ0n) is 9.18. The molecule has 0 heterocycles. The quantitative estimate of drug-likeness (QED) is 0.304. The molecule has 0 aliphatic heterocycles. The molecule has 1 aliphatic carbocycles. The van der Waals surface area contributed by atoms with Gasteiger partial charge in [0.2, 0.25) is 6.04 Å². The minimum Gasteiger partial charge on any atom is -0.468 e. The van der Waals surface area contributed by atoms with Crippen molar-refractivity contribution >= 4 is 11.8 Å². The van der Waals surface area contributed by atoms with Crippen molar-refractivity contribution in [3.05, 3.63) is 10.1 Å². The zero-order valence-corrected chi connectivity index (χ0v) is 9.18. The normalized spacial score (nSPS) is 26.7. The topological polar surface area (TPSA) is 86.5 Å². The molecule has 6 heteroatoms. The van der Waals surface area contributed by atoms with Gasteiger partial charge in [-0.2, -0.15) is 0 Å². The average molecular weight is 229 g/mol. The molecule has 1 fully saturated rings. The van der Waals surface area contributed by atoms with Crippen molar-refractivity contribution in [2.75, 3.05) is 7.11 Å². The second-order valence-corrected chi connectivity index (χ2v) is 3.95. The van der Waals surface area contributed by atoms with Crippen LogP contribution in [0.1, 0.15) is 32.1 Å². The van der Waals surface area contributed by atoms with E-state index in [1.165, 1.54) is 7.11 Å². The van der Waals surface area contributed by atoms with Crippen LogP contribution in [0.2, 0.25) is 0 Å². The SMILES string of the molecule is COC(=O)C1CCCC([N+](=O)[O-])CCC1=O. The van der Waals surface area contributed by atoms with Gasteiger partial charge in [0.1, 0.15) is 11.7 Å². The fourth-order valence-corrected chi connectivity index (χ4v) is 1.95. The van der Waals surface area contributed by atoms with Crippen LogP contribution in [0.15, 0.2) is 0 Å². The Kier molecular flexibility index (Phi) is 4.39. The van der Waals surface area contributed by atoms with Gasteiger partial charge in [0.25, 0.3) is 0 Å². The molecule has 2 unspecified atom stereocenters. The molecular weight excluding hydrogens is 214 g/mol. The number of hydrogen-bond acceptors (Lipinski definition) is 5. The Labute approximate surface area is 93.1 Å². The number of rotatable bonds is 2. The lowest BCUT2D eigenvalue weighted by Gasteiger charge is -2.18. The smallest absolute Gasteiger partial charge is 0.316 e. The van der Waals surface area contributed by atoms with Gasteiger partial charge in [0.05, 0.1) is 7.11 Å². The largest absolute Gasteiger partial charge is 0.468 e. The Balaban J connectivity index is 2.62. The molecule has 0 spiro atoms. The monoisotopic (exact) mass is 229 g/mol. The second kappa shape index (κ2) is 5.58. The summed E-state index contributed by atoms with van der Waals surface area (Å²) in [5, 5.41) is 10.6. The predicted octanol–water partition coefficient (Wildman–Crippen LogP) is 0.954. The maximum atomic E-state index is 11.6. The third-order valence-corrected chi connectivity index (χ3v) is 2.93.